The Bertz CT molecular complexity index is 1020. The second-order valence-electron chi connectivity index (χ2n) is 8.45. The van der Waals surface area contributed by atoms with Gasteiger partial charge in [0, 0.05) is 17.0 Å². The number of ether oxygens (including phenoxy) is 1. The molecule has 7 heteroatoms. The summed E-state index contributed by atoms with van der Waals surface area (Å²) in [5, 5.41) is 13.2. The molecule has 1 unspecified atom stereocenters. The molecule has 172 valence electrons. The number of hydrogen-bond donors (Lipinski definition) is 1. The number of aliphatic hydroxyl groups excluding tert-OH is 1. The number of carbonyl (C=O) groups is 2. The van der Waals surface area contributed by atoms with Gasteiger partial charge in [-0.3, -0.25) is 9.59 Å². The summed E-state index contributed by atoms with van der Waals surface area (Å²) in [5.41, 5.74) is 2.54. The molecule has 0 radical (unpaired) electrons. The number of hydrogen-bond acceptors (Lipinski definition) is 6. The molecule has 0 saturated carbocycles. The van der Waals surface area contributed by atoms with Crippen molar-refractivity contribution in [3.63, 3.8) is 0 Å². The fourth-order valence-corrected chi connectivity index (χ4v) is 4.98. The summed E-state index contributed by atoms with van der Waals surface area (Å²) in [7, 11) is 3.95. The van der Waals surface area contributed by atoms with E-state index >= 15 is 0 Å². The van der Waals surface area contributed by atoms with E-state index in [4.69, 9.17) is 4.74 Å². The summed E-state index contributed by atoms with van der Waals surface area (Å²) < 4.78 is 5.73. The van der Waals surface area contributed by atoms with Crippen molar-refractivity contribution in [3.8, 4) is 5.75 Å². The minimum absolute atomic E-state index is 0.138. The summed E-state index contributed by atoms with van der Waals surface area (Å²) in [4.78, 5) is 30.7. The van der Waals surface area contributed by atoms with Crippen LogP contribution in [0.25, 0.3) is 5.76 Å². The Balaban J connectivity index is 2.04. The van der Waals surface area contributed by atoms with E-state index in [1.165, 1.54) is 11.3 Å². The number of likely N-dealkylation sites (tertiary alicyclic amines) is 1. The fraction of sp³-hybridized carbons (Fsp3) is 0.440. The molecule has 1 aromatic heterocycles. The highest BCUT2D eigenvalue weighted by Gasteiger charge is 2.46. The highest BCUT2D eigenvalue weighted by Crippen LogP contribution is 2.42. The molecule has 0 aliphatic carbocycles. The van der Waals surface area contributed by atoms with Gasteiger partial charge < -0.3 is 19.6 Å². The highest BCUT2D eigenvalue weighted by molar-refractivity contribution is 7.10. The zero-order valence-corrected chi connectivity index (χ0v) is 20.3. The first-order valence-electron chi connectivity index (χ1n) is 11.0. The van der Waals surface area contributed by atoms with E-state index < -0.39 is 17.7 Å². The standard InChI is InChI=1S/C25H32N2O4S/c1-6-13-31-19-9-8-18(15-17(19)3)22(28)20-21(24-16(2)10-14-32-24)27(25(30)23(20)29)12-7-11-26(4)5/h8-10,14-15,21,28H,6-7,11-13H2,1-5H3/b22-20-. The van der Waals surface area contributed by atoms with Crippen molar-refractivity contribution in [2.24, 2.45) is 0 Å². The Morgan fingerprint density at radius 3 is 2.53 bits per heavy atom. The van der Waals surface area contributed by atoms with Crippen LogP contribution in [0.2, 0.25) is 0 Å². The van der Waals surface area contributed by atoms with E-state index in [2.05, 4.69) is 0 Å². The second kappa shape index (κ2) is 10.3. The van der Waals surface area contributed by atoms with E-state index in [9.17, 15) is 14.7 Å². The average Bonchev–Trinajstić information content (AvgIpc) is 3.27. The molecule has 2 aromatic rings. The number of carbonyl (C=O) groups excluding carboxylic acids is 2. The smallest absolute Gasteiger partial charge is 0.295 e. The van der Waals surface area contributed by atoms with Crippen molar-refractivity contribution in [1.82, 2.24) is 9.80 Å². The van der Waals surface area contributed by atoms with Crippen LogP contribution in [0.1, 0.15) is 47.4 Å². The molecule has 32 heavy (non-hydrogen) atoms. The molecule has 0 spiro atoms. The number of ketones is 1. The molecule has 1 aromatic carbocycles. The van der Waals surface area contributed by atoms with Gasteiger partial charge in [0.05, 0.1) is 18.2 Å². The minimum Gasteiger partial charge on any atom is -0.507 e. The molecule has 1 amide bonds. The lowest BCUT2D eigenvalue weighted by Crippen LogP contribution is -2.32. The van der Waals surface area contributed by atoms with Gasteiger partial charge in [-0.2, -0.15) is 0 Å². The number of aryl methyl sites for hydroxylation is 2. The normalized spacial score (nSPS) is 18.1. The predicted molar refractivity (Wildman–Crippen MR) is 128 cm³/mol. The number of nitrogens with zero attached hydrogens (tertiary/aromatic N) is 2. The molecule has 3 rings (SSSR count). The Hall–Kier alpha value is -2.64. The average molecular weight is 457 g/mol. The van der Waals surface area contributed by atoms with Gasteiger partial charge in [0.25, 0.3) is 11.7 Å². The van der Waals surface area contributed by atoms with E-state index in [0.717, 1.165) is 41.1 Å². The van der Waals surface area contributed by atoms with Gasteiger partial charge in [0.15, 0.2) is 0 Å². The lowest BCUT2D eigenvalue weighted by atomic mass is 9.97. The third kappa shape index (κ3) is 4.89. The van der Waals surface area contributed by atoms with E-state index in [1.54, 1.807) is 23.1 Å². The first kappa shape index (κ1) is 24.0. The lowest BCUT2D eigenvalue weighted by Gasteiger charge is -2.25. The highest BCUT2D eigenvalue weighted by atomic mass is 32.1. The van der Waals surface area contributed by atoms with E-state index in [-0.39, 0.29) is 11.3 Å². The SMILES string of the molecule is CCCOc1ccc(/C(O)=C2/C(=O)C(=O)N(CCCN(C)C)C2c2sccc2C)cc1C. The maximum Gasteiger partial charge on any atom is 0.295 e. The molecule has 1 atom stereocenters. The summed E-state index contributed by atoms with van der Waals surface area (Å²) in [6.45, 7) is 7.78. The Labute approximate surface area is 194 Å². The number of amides is 1. The minimum atomic E-state index is -0.630. The maximum atomic E-state index is 13.1. The van der Waals surface area contributed by atoms with Crippen LogP contribution in [0.4, 0.5) is 0 Å². The molecule has 1 aliphatic heterocycles. The van der Waals surface area contributed by atoms with Crippen LogP contribution in [-0.4, -0.2) is 60.4 Å². The van der Waals surface area contributed by atoms with Crippen molar-refractivity contribution >= 4 is 28.8 Å². The number of Topliss-reactive ketones (excluding diaryl/α,β-unsaturated/α-hetero) is 1. The van der Waals surface area contributed by atoms with Gasteiger partial charge >= 0.3 is 0 Å². The van der Waals surface area contributed by atoms with Gasteiger partial charge in [-0.25, -0.2) is 0 Å². The van der Waals surface area contributed by atoms with Crippen LogP contribution in [-0.2, 0) is 9.59 Å². The number of thiophene rings is 1. The van der Waals surface area contributed by atoms with E-state index in [1.807, 2.05) is 51.2 Å². The molecule has 1 fully saturated rings. The van der Waals surface area contributed by atoms with Crippen molar-refractivity contribution in [1.29, 1.82) is 0 Å². The Morgan fingerprint density at radius 2 is 1.94 bits per heavy atom. The van der Waals surface area contributed by atoms with Crippen LogP contribution in [0.3, 0.4) is 0 Å². The Morgan fingerprint density at radius 1 is 1.19 bits per heavy atom. The number of benzene rings is 1. The van der Waals surface area contributed by atoms with Crippen LogP contribution < -0.4 is 4.74 Å². The molecule has 1 aliphatic rings. The lowest BCUT2D eigenvalue weighted by molar-refractivity contribution is -0.139. The van der Waals surface area contributed by atoms with Crippen molar-refractivity contribution in [2.45, 2.75) is 39.7 Å². The molecular weight excluding hydrogens is 424 g/mol. The molecule has 2 heterocycles. The van der Waals surface area contributed by atoms with Gasteiger partial charge in [-0.05, 0) is 88.1 Å². The van der Waals surface area contributed by atoms with Gasteiger partial charge in [0.1, 0.15) is 11.5 Å². The second-order valence-corrected chi connectivity index (χ2v) is 9.39. The molecular formula is C25H32N2O4S. The summed E-state index contributed by atoms with van der Waals surface area (Å²) in [6.07, 6.45) is 1.64. The number of rotatable bonds is 9. The first-order valence-corrected chi connectivity index (χ1v) is 11.8. The quantitative estimate of drug-likeness (QED) is 0.341. The molecule has 6 nitrogen and oxygen atoms in total. The summed E-state index contributed by atoms with van der Waals surface area (Å²) in [5.74, 6) is -0.573. The zero-order chi connectivity index (χ0) is 23.4. The first-order chi connectivity index (χ1) is 15.3. The van der Waals surface area contributed by atoms with Crippen LogP contribution in [0.5, 0.6) is 5.75 Å². The topological polar surface area (TPSA) is 70.1 Å². The summed E-state index contributed by atoms with van der Waals surface area (Å²) >= 11 is 1.50. The Kier molecular flexibility index (Phi) is 7.74. The van der Waals surface area contributed by atoms with Crippen molar-refractivity contribution in [3.05, 3.63) is 56.8 Å². The van der Waals surface area contributed by atoms with Crippen LogP contribution in [0, 0.1) is 13.8 Å². The largest absolute Gasteiger partial charge is 0.507 e. The zero-order valence-electron chi connectivity index (χ0n) is 19.5. The van der Waals surface area contributed by atoms with Gasteiger partial charge in [0.2, 0.25) is 0 Å². The fourth-order valence-electron chi connectivity index (χ4n) is 3.93. The maximum absolute atomic E-state index is 13.1. The van der Waals surface area contributed by atoms with Gasteiger partial charge in [-0.15, -0.1) is 11.3 Å². The third-order valence-electron chi connectivity index (χ3n) is 5.60. The predicted octanol–water partition coefficient (Wildman–Crippen LogP) is 4.53. The third-order valence-corrected chi connectivity index (χ3v) is 6.68. The van der Waals surface area contributed by atoms with Crippen LogP contribution in [0.15, 0.2) is 35.2 Å². The van der Waals surface area contributed by atoms with Crippen molar-refractivity contribution in [2.75, 3.05) is 33.8 Å². The monoisotopic (exact) mass is 456 g/mol. The van der Waals surface area contributed by atoms with Crippen LogP contribution >= 0.6 is 11.3 Å². The molecule has 0 bridgehead atoms. The molecule has 1 saturated heterocycles. The molecule has 1 N–H and O–H groups in total. The van der Waals surface area contributed by atoms with Gasteiger partial charge in [-0.1, -0.05) is 6.92 Å². The summed E-state index contributed by atoms with van der Waals surface area (Å²) in [6, 6.07) is 6.75. The van der Waals surface area contributed by atoms with Crippen molar-refractivity contribution < 1.29 is 19.4 Å². The number of aliphatic hydroxyl groups is 1. The van der Waals surface area contributed by atoms with E-state index in [0.29, 0.717) is 18.7 Å².